The van der Waals surface area contributed by atoms with Gasteiger partial charge in [-0.3, -0.25) is 10.1 Å². The maximum Gasteiger partial charge on any atom is 0.257 e. The molecule has 0 unspecified atom stereocenters. The zero-order chi connectivity index (χ0) is 16.7. The summed E-state index contributed by atoms with van der Waals surface area (Å²) < 4.78 is 10.5. The molecular weight excluding hydrogens is 312 g/mol. The molecule has 5 nitrogen and oxygen atoms in total. The van der Waals surface area contributed by atoms with Crippen molar-refractivity contribution in [3.8, 4) is 11.5 Å². The minimum absolute atomic E-state index is 0.224. The van der Waals surface area contributed by atoms with E-state index in [9.17, 15) is 4.79 Å². The second-order valence-electron chi connectivity index (χ2n) is 4.60. The molecule has 0 saturated carbocycles. The SMILES string of the molecule is CCOc1cccc(C(=O)NC(=S)Nc2ccc(OC)cc2)c1. The minimum atomic E-state index is -0.294. The Labute approximate surface area is 140 Å². The normalized spacial score (nSPS) is 9.83. The summed E-state index contributed by atoms with van der Waals surface area (Å²) in [6.07, 6.45) is 0. The number of anilines is 1. The molecule has 0 aliphatic rings. The molecule has 2 rings (SSSR count). The molecule has 0 atom stereocenters. The number of carbonyl (C=O) groups excluding carboxylic acids is 1. The van der Waals surface area contributed by atoms with Gasteiger partial charge in [-0.05, 0) is 61.6 Å². The van der Waals surface area contributed by atoms with Crippen LogP contribution in [0.15, 0.2) is 48.5 Å². The molecule has 0 aliphatic heterocycles. The van der Waals surface area contributed by atoms with Crippen molar-refractivity contribution in [2.45, 2.75) is 6.92 Å². The van der Waals surface area contributed by atoms with Gasteiger partial charge in [0.2, 0.25) is 0 Å². The van der Waals surface area contributed by atoms with E-state index >= 15 is 0 Å². The molecule has 0 bridgehead atoms. The molecule has 0 aromatic heterocycles. The Morgan fingerprint density at radius 3 is 2.52 bits per heavy atom. The lowest BCUT2D eigenvalue weighted by Gasteiger charge is -2.11. The lowest BCUT2D eigenvalue weighted by molar-refractivity contribution is 0.0977. The summed E-state index contributed by atoms with van der Waals surface area (Å²) in [4.78, 5) is 12.2. The number of methoxy groups -OCH3 is 1. The topological polar surface area (TPSA) is 59.6 Å². The van der Waals surface area contributed by atoms with Gasteiger partial charge in [0.15, 0.2) is 5.11 Å². The molecule has 0 saturated heterocycles. The van der Waals surface area contributed by atoms with Crippen molar-refractivity contribution in [2.24, 2.45) is 0 Å². The van der Waals surface area contributed by atoms with Crippen LogP contribution in [0.4, 0.5) is 5.69 Å². The summed E-state index contributed by atoms with van der Waals surface area (Å²) in [6.45, 7) is 2.43. The third-order valence-corrected chi connectivity index (χ3v) is 3.19. The van der Waals surface area contributed by atoms with Crippen LogP contribution in [-0.4, -0.2) is 24.7 Å². The van der Waals surface area contributed by atoms with Crippen molar-refractivity contribution >= 4 is 28.9 Å². The van der Waals surface area contributed by atoms with Crippen LogP contribution < -0.4 is 20.1 Å². The number of amides is 1. The zero-order valence-electron chi connectivity index (χ0n) is 13.0. The Morgan fingerprint density at radius 2 is 1.87 bits per heavy atom. The smallest absolute Gasteiger partial charge is 0.257 e. The first-order chi connectivity index (χ1) is 11.1. The van der Waals surface area contributed by atoms with Crippen molar-refractivity contribution in [1.29, 1.82) is 0 Å². The van der Waals surface area contributed by atoms with E-state index in [0.717, 1.165) is 11.4 Å². The number of hydrogen-bond donors (Lipinski definition) is 2. The molecule has 2 aromatic carbocycles. The summed E-state index contributed by atoms with van der Waals surface area (Å²) in [7, 11) is 1.60. The van der Waals surface area contributed by atoms with E-state index in [-0.39, 0.29) is 11.0 Å². The Morgan fingerprint density at radius 1 is 1.13 bits per heavy atom. The molecule has 0 heterocycles. The van der Waals surface area contributed by atoms with E-state index in [0.29, 0.717) is 17.9 Å². The van der Waals surface area contributed by atoms with E-state index in [1.54, 1.807) is 43.5 Å². The number of rotatable bonds is 5. The lowest BCUT2D eigenvalue weighted by atomic mass is 10.2. The number of hydrogen-bond acceptors (Lipinski definition) is 4. The standard InChI is InChI=1S/C17H18N2O3S/c1-3-22-15-6-4-5-12(11-15)16(20)19-17(23)18-13-7-9-14(21-2)10-8-13/h4-11H,3H2,1-2H3,(H2,18,19,20,23). The summed E-state index contributed by atoms with van der Waals surface area (Å²) in [6, 6.07) is 14.2. The van der Waals surface area contributed by atoms with E-state index < -0.39 is 0 Å². The van der Waals surface area contributed by atoms with Crippen molar-refractivity contribution in [3.63, 3.8) is 0 Å². The van der Waals surface area contributed by atoms with Gasteiger partial charge in [0.1, 0.15) is 11.5 Å². The molecule has 0 radical (unpaired) electrons. The first-order valence-corrected chi connectivity index (χ1v) is 7.52. The Bertz CT molecular complexity index is 686. The van der Waals surface area contributed by atoms with E-state index in [1.165, 1.54) is 0 Å². The zero-order valence-corrected chi connectivity index (χ0v) is 13.8. The van der Waals surface area contributed by atoms with E-state index in [1.807, 2.05) is 19.1 Å². The summed E-state index contributed by atoms with van der Waals surface area (Å²) >= 11 is 5.15. The molecule has 0 aliphatic carbocycles. The van der Waals surface area contributed by atoms with Crippen LogP contribution in [0.2, 0.25) is 0 Å². The van der Waals surface area contributed by atoms with Crippen LogP contribution in [0.5, 0.6) is 11.5 Å². The predicted molar refractivity (Wildman–Crippen MR) is 94.3 cm³/mol. The summed E-state index contributed by atoms with van der Waals surface area (Å²) in [5, 5.41) is 5.81. The second kappa shape index (κ2) is 8.14. The number of benzene rings is 2. The van der Waals surface area contributed by atoms with Crippen molar-refractivity contribution < 1.29 is 14.3 Å². The summed E-state index contributed by atoms with van der Waals surface area (Å²) in [5.41, 5.74) is 1.24. The van der Waals surface area contributed by atoms with Gasteiger partial charge in [-0.25, -0.2) is 0 Å². The highest BCUT2D eigenvalue weighted by Crippen LogP contribution is 2.15. The second-order valence-corrected chi connectivity index (χ2v) is 5.01. The molecule has 0 spiro atoms. The molecule has 0 fully saturated rings. The first-order valence-electron chi connectivity index (χ1n) is 7.11. The fourth-order valence-corrected chi connectivity index (χ4v) is 2.12. The van der Waals surface area contributed by atoms with Gasteiger partial charge in [0.05, 0.1) is 13.7 Å². The molecular formula is C17H18N2O3S. The van der Waals surface area contributed by atoms with Crippen LogP contribution in [0.3, 0.4) is 0 Å². The monoisotopic (exact) mass is 330 g/mol. The van der Waals surface area contributed by atoms with Gasteiger partial charge in [0.25, 0.3) is 5.91 Å². The van der Waals surface area contributed by atoms with Gasteiger partial charge >= 0.3 is 0 Å². The van der Waals surface area contributed by atoms with Crippen molar-refractivity contribution in [2.75, 3.05) is 19.0 Å². The number of nitrogens with one attached hydrogen (secondary N) is 2. The van der Waals surface area contributed by atoms with Crippen LogP contribution in [0.1, 0.15) is 17.3 Å². The molecule has 120 valence electrons. The van der Waals surface area contributed by atoms with Gasteiger partial charge in [0, 0.05) is 11.3 Å². The third-order valence-electron chi connectivity index (χ3n) is 2.98. The van der Waals surface area contributed by atoms with Crippen molar-refractivity contribution in [3.05, 3.63) is 54.1 Å². The molecule has 6 heteroatoms. The Hall–Kier alpha value is -2.60. The van der Waals surface area contributed by atoms with Gasteiger partial charge in [-0.15, -0.1) is 0 Å². The maximum absolute atomic E-state index is 12.2. The van der Waals surface area contributed by atoms with Crippen LogP contribution in [0.25, 0.3) is 0 Å². The average molecular weight is 330 g/mol. The quantitative estimate of drug-likeness (QED) is 0.824. The highest BCUT2D eigenvalue weighted by molar-refractivity contribution is 7.80. The molecule has 2 N–H and O–H groups in total. The Balaban J connectivity index is 1.96. The Kier molecular flexibility index (Phi) is 5.94. The van der Waals surface area contributed by atoms with E-state index in [2.05, 4.69) is 10.6 Å². The maximum atomic E-state index is 12.2. The summed E-state index contributed by atoms with van der Waals surface area (Å²) in [5.74, 6) is 1.10. The van der Waals surface area contributed by atoms with Crippen LogP contribution in [-0.2, 0) is 0 Å². The minimum Gasteiger partial charge on any atom is -0.497 e. The molecule has 23 heavy (non-hydrogen) atoms. The third kappa shape index (κ3) is 4.96. The van der Waals surface area contributed by atoms with Gasteiger partial charge < -0.3 is 14.8 Å². The largest absolute Gasteiger partial charge is 0.497 e. The molecule has 2 aromatic rings. The van der Waals surface area contributed by atoms with Gasteiger partial charge in [-0.2, -0.15) is 0 Å². The first kappa shape index (κ1) is 16.8. The number of ether oxygens (including phenoxy) is 2. The van der Waals surface area contributed by atoms with Crippen LogP contribution in [0, 0.1) is 0 Å². The highest BCUT2D eigenvalue weighted by Gasteiger charge is 2.09. The highest BCUT2D eigenvalue weighted by atomic mass is 32.1. The average Bonchev–Trinajstić information content (AvgIpc) is 2.56. The van der Waals surface area contributed by atoms with Gasteiger partial charge in [-0.1, -0.05) is 6.07 Å². The molecule has 1 amide bonds. The van der Waals surface area contributed by atoms with E-state index in [4.69, 9.17) is 21.7 Å². The van der Waals surface area contributed by atoms with Crippen molar-refractivity contribution in [1.82, 2.24) is 5.32 Å². The lowest BCUT2D eigenvalue weighted by Crippen LogP contribution is -2.34. The number of carbonyl (C=O) groups is 1. The fourth-order valence-electron chi connectivity index (χ4n) is 1.91. The number of thiocarbonyl (C=S) groups is 1. The van der Waals surface area contributed by atoms with Crippen LogP contribution >= 0.6 is 12.2 Å². The fraction of sp³-hybridized carbons (Fsp3) is 0.176. The predicted octanol–water partition coefficient (Wildman–Crippen LogP) is 3.22.